The van der Waals surface area contributed by atoms with Crippen molar-refractivity contribution in [1.29, 1.82) is 0 Å². The number of carbonyl (C=O) groups is 1. The molecule has 2 aromatic rings. The van der Waals surface area contributed by atoms with E-state index in [1.807, 2.05) is 16.9 Å². The summed E-state index contributed by atoms with van der Waals surface area (Å²) in [5.41, 5.74) is 1.95. The van der Waals surface area contributed by atoms with Crippen LogP contribution in [0, 0.1) is 6.92 Å². The Morgan fingerprint density at radius 3 is 2.79 bits per heavy atom. The Balaban J connectivity index is 0.00000208. The minimum absolute atomic E-state index is 0. The highest BCUT2D eigenvalue weighted by molar-refractivity contribution is 5.85. The van der Waals surface area contributed by atoms with E-state index in [0.29, 0.717) is 6.54 Å². The van der Waals surface area contributed by atoms with Gasteiger partial charge in [-0.25, -0.2) is 0 Å². The smallest absolute Gasteiger partial charge is 0.248 e. The number of aryl methyl sites for hydroxylation is 1. The second kappa shape index (κ2) is 8.31. The van der Waals surface area contributed by atoms with E-state index in [2.05, 4.69) is 46.9 Å². The molecule has 6 heteroatoms. The number of nitrogens with one attached hydrogen (secondary N) is 2. The lowest BCUT2D eigenvalue weighted by molar-refractivity contribution is -0.131. The van der Waals surface area contributed by atoms with Crippen molar-refractivity contribution in [2.24, 2.45) is 0 Å². The Labute approximate surface area is 149 Å². The third-order valence-electron chi connectivity index (χ3n) is 4.58. The van der Waals surface area contributed by atoms with Crippen molar-refractivity contribution in [3.63, 3.8) is 0 Å². The van der Waals surface area contributed by atoms with E-state index in [-0.39, 0.29) is 18.3 Å². The van der Waals surface area contributed by atoms with E-state index >= 15 is 0 Å². The van der Waals surface area contributed by atoms with Gasteiger partial charge in [-0.1, -0.05) is 29.8 Å². The van der Waals surface area contributed by atoms with E-state index in [1.165, 1.54) is 11.1 Å². The highest BCUT2D eigenvalue weighted by atomic mass is 35.5. The quantitative estimate of drug-likeness (QED) is 0.869. The highest BCUT2D eigenvalue weighted by Gasteiger charge is 2.41. The second-order valence-corrected chi connectivity index (χ2v) is 6.23. The zero-order chi connectivity index (χ0) is 16.1. The first kappa shape index (κ1) is 18.5. The molecule has 1 amide bonds. The average Bonchev–Trinajstić information content (AvgIpc) is 3.10. The molecule has 0 spiro atoms. The first-order valence-electron chi connectivity index (χ1n) is 8.25. The van der Waals surface area contributed by atoms with Crippen molar-refractivity contribution < 1.29 is 4.79 Å². The van der Waals surface area contributed by atoms with Crippen LogP contribution >= 0.6 is 12.4 Å². The Morgan fingerprint density at radius 1 is 1.33 bits per heavy atom. The number of aromatic nitrogens is 2. The van der Waals surface area contributed by atoms with Gasteiger partial charge in [-0.05, 0) is 50.9 Å². The molecule has 5 nitrogen and oxygen atoms in total. The van der Waals surface area contributed by atoms with Gasteiger partial charge in [0, 0.05) is 18.9 Å². The normalized spacial score (nSPS) is 16.2. The molecule has 0 aliphatic carbocycles. The van der Waals surface area contributed by atoms with Crippen molar-refractivity contribution in [3.8, 4) is 0 Å². The van der Waals surface area contributed by atoms with E-state index in [1.54, 1.807) is 6.20 Å². The summed E-state index contributed by atoms with van der Waals surface area (Å²) in [7, 11) is 0. The maximum absolute atomic E-state index is 12.9. The van der Waals surface area contributed by atoms with Crippen LogP contribution in [0.3, 0.4) is 0 Å². The molecular weight excluding hydrogens is 324 g/mol. The zero-order valence-corrected chi connectivity index (χ0v) is 14.8. The fraction of sp³-hybridized carbons (Fsp3) is 0.444. The summed E-state index contributed by atoms with van der Waals surface area (Å²) in [6.07, 6.45) is 6.02. The summed E-state index contributed by atoms with van der Waals surface area (Å²) >= 11 is 0. The largest absolute Gasteiger partial charge is 0.354 e. The number of benzene rings is 1. The predicted molar refractivity (Wildman–Crippen MR) is 97.4 cm³/mol. The van der Waals surface area contributed by atoms with Crippen LogP contribution in [0.4, 0.5) is 0 Å². The topological polar surface area (TPSA) is 59.0 Å². The fourth-order valence-electron chi connectivity index (χ4n) is 3.28. The Hall–Kier alpha value is -1.85. The van der Waals surface area contributed by atoms with E-state index in [9.17, 15) is 4.79 Å². The van der Waals surface area contributed by atoms with Gasteiger partial charge in [0.15, 0.2) is 0 Å². The number of halogens is 1. The first-order valence-corrected chi connectivity index (χ1v) is 8.25. The molecule has 1 fully saturated rings. The Bertz CT molecular complexity index is 651. The van der Waals surface area contributed by atoms with Crippen LogP contribution in [-0.2, 0) is 16.8 Å². The standard InChI is InChI=1S/C18H24N4O.ClH/c1-15-4-2-5-16(14-15)6-10-20-17(23)18(7-11-19-12-8-18)22-13-3-9-21-22;/h2-5,9,13-14,19H,6-8,10-12H2,1H3,(H,20,23);1H. The molecule has 0 bridgehead atoms. The van der Waals surface area contributed by atoms with Gasteiger partial charge in [-0.15, -0.1) is 12.4 Å². The molecule has 130 valence electrons. The molecule has 0 unspecified atom stereocenters. The summed E-state index contributed by atoms with van der Waals surface area (Å²) in [6.45, 7) is 4.42. The molecule has 0 atom stereocenters. The van der Waals surface area contributed by atoms with Crippen molar-refractivity contribution in [3.05, 3.63) is 53.9 Å². The number of carbonyl (C=O) groups excluding carboxylic acids is 1. The Kier molecular flexibility index (Phi) is 6.40. The van der Waals surface area contributed by atoms with Gasteiger partial charge < -0.3 is 10.6 Å². The van der Waals surface area contributed by atoms with Crippen LogP contribution in [0.5, 0.6) is 0 Å². The van der Waals surface area contributed by atoms with Crippen molar-refractivity contribution in [1.82, 2.24) is 20.4 Å². The van der Waals surface area contributed by atoms with Crippen LogP contribution in [0.25, 0.3) is 0 Å². The van der Waals surface area contributed by atoms with Crippen LogP contribution in [-0.4, -0.2) is 35.3 Å². The second-order valence-electron chi connectivity index (χ2n) is 6.23. The van der Waals surface area contributed by atoms with Gasteiger partial charge in [0.2, 0.25) is 5.91 Å². The molecule has 2 heterocycles. The molecule has 1 aromatic carbocycles. The molecule has 0 radical (unpaired) electrons. The minimum atomic E-state index is -0.554. The maximum atomic E-state index is 12.9. The van der Waals surface area contributed by atoms with E-state index in [4.69, 9.17) is 0 Å². The van der Waals surface area contributed by atoms with Gasteiger partial charge in [0.1, 0.15) is 5.54 Å². The summed E-state index contributed by atoms with van der Waals surface area (Å²) in [6, 6.07) is 10.3. The maximum Gasteiger partial charge on any atom is 0.248 e. The third kappa shape index (κ3) is 3.97. The summed E-state index contributed by atoms with van der Waals surface area (Å²) in [5.74, 6) is 0.0790. The predicted octanol–water partition coefficient (Wildman–Crippen LogP) is 2.05. The molecule has 1 saturated heterocycles. The molecule has 2 N–H and O–H groups in total. The van der Waals surface area contributed by atoms with Crippen molar-refractivity contribution in [2.75, 3.05) is 19.6 Å². The summed E-state index contributed by atoms with van der Waals surface area (Å²) in [5, 5.41) is 10.8. The van der Waals surface area contributed by atoms with E-state index in [0.717, 1.165) is 32.4 Å². The number of hydrogen-bond donors (Lipinski definition) is 2. The molecule has 3 rings (SSSR count). The molecule has 1 aliphatic rings. The number of amides is 1. The lowest BCUT2D eigenvalue weighted by atomic mass is 9.87. The van der Waals surface area contributed by atoms with Crippen molar-refractivity contribution in [2.45, 2.75) is 31.7 Å². The molecule has 1 aromatic heterocycles. The van der Waals surface area contributed by atoms with Gasteiger partial charge in [0.25, 0.3) is 0 Å². The van der Waals surface area contributed by atoms with Gasteiger partial charge in [-0.2, -0.15) is 5.10 Å². The molecular formula is C18H25ClN4O. The molecule has 0 saturated carbocycles. The highest BCUT2D eigenvalue weighted by Crippen LogP contribution is 2.27. The number of nitrogens with zero attached hydrogens (tertiary/aromatic N) is 2. The Morgan fingerprint density at radius 2 is 2.12 bits per heavy atom. The van der Waals surface area contributed by atoms with E-state index < -0.39 is 5.54 Å². The first-order chi connectivity index (χ1) is 11.2. The van der Waals surface area contributed by atoms with Crippen LogP contribution < -0.4 is 10.6 Å². The van der Waals surface area contributed by atoms with Crippen molar-refractivity contribution >= 4 is 18.3 Å². The number of hydrogen-bond acceptors (Lipinski definition) is 3. The number of rotatable bonds is 5. The zero-order valence-electron chi connectivity index (χ0n) is 14.0. The monoisotopic (exact) mass is 348 g/mol. The fourth-order valence-corrected chi connectivity index (χ4v) is 3.28. The molecule has 1 aliphatic heterocycles. The summed E-state index contributed by atoms with van der Waals surface area (Å²) in [4.78, 5) is 12.9. The van der Waals surface area contributed by atoms with Crippen LogP contribution in [0.1, 0.15) is 24.0 Å². The van der Waals surface area contributed by atoms with Gasteiger partial charge in [-0.3, -0.25) is 9.48 Å². The lowest BCUT2D eigenvalue weighted by Crippen LogP contribution is -2.54. The SMILES string of the molecule is Cc1cccc(CCNC(=O)C2(n3cccn3)CCNCC2)c1.Cl. The van der Waals surface area contributed by atoms with Gasteiger partial charge in [0.05, 0.1) is 0 Å². The average molecular weight is 349 g/mol. The van der Waals surface area contributed by atoms with Crippen LogP contribution in [0.2, 0.25) is 0 Å². The number of piperidine rings is 1. The van der Waals surface area contributed by atoms with Gasteiger partial charge >= 0.3 is 0 Å². The lowest BCUT2D eigenvalue weighted by Gasteiger charge is -2.36. The summed E-state index contributed by atoms with van der Waals surface area (Å²) < 4.78 is 1.83. The third-order valence-corrected chi connectivity index (χ3v) is 4.58. The molecule has 24 heavy (non-hydrogen) atoms. The van der Waals surface area contributed by atoms with Crippen LogP contribution in [0.15, 0.2) is 42.7 Å². The minimum Gasteiger partial charge on any atom is -0.354 e.